The number of hydrogen-bond acceptors (Lipinski definition) is 3. The zero-order valence-electron chi connectivity index (χ0n) is 7.58. The normalized spacial score (nSPS) is 12.5. The van der Waals surface area contributed by atoms with Gasteiger partial charge in [-0.1, -0.05) is 0 Å². The standard InChI is InChI=1S/C9H9BrFNO3/c10-6-2-4(9(14)15)1-5(8(6)13)7(12)3-11/h1-2,7,13H,3,12H2,(H,14,15)/t7-/m0/s1. The Balaban J connectivity index is 3.31. The van der Waals surface area contributed by atoms with Crippen LogP contribution in [0.1, 0.15) is 22.0 Å². The molecule has 0 amide bonds. The predicted molar refractivity (Wildman–Crippen MR) is 55.7 cm³/mol. The zero-order chi connectivity index (χ0) is 11.6. The van der Waals surface area contributed by atoms with Crippen molar-refractivity contribution in [2.45, 2.75) is 6.04 Å². The molecular formula is C9H9BrFNO3. The fourth-order valence-corrected chi connectivity index (χ4v) is 1.59. The second-order valence-electron chi connectivity index (χ2n) is 2.96. The highest BCUT2D eigenvalue weighted by molar-refractivity contribution is 9.10. The second kappa shape index (κ2) is 4.59. The molecule has 0 heterocycles. The van der Waals surface area contributed by atoms with Crippen molar-refractivity contribution >= 4 is 21.9 Å². The van der Waals surface area contributed by atoms with E-state index >= 15 is 0 Å². The number of nitrogens with two attached hydrogens (primary N) is 1. The minimum atomic E-state index is -1.16. The van der Waals surface area contributed by atoms with Gasteiger partial charge in [0.15, 0.2) is 0 Å². The lowest BCUT2D eigenvalue weighted by Gasteiger charge is -2.12. The number of alkyl halides is 1. The summed E-state index contributed by atoms with van der Waals surface area (Å²) in [6.07, 6.45) is 0. The van der Waals surface area contributed by atoms with Crippen LogP contribution in [0.2, 0.25) is 0 Å². The smallest absolute Gasteiger partial charge is 0.335 e. The van der Waals surface area contributed by atoms with Crippen LogP contribution in [0.15, 0.2) is 16.6 Å². The first-order chi connectivity index (χ1) is 6.97. The average Bonchev–Trinajstić information content (AvgIpc) is 2.20. The van der Waals surface area contributed by atoms with Crippen molar-refractivity contribution in [2.24, 2.45) is 5.73 Å². The number of carboxylic acids is 1. The third kappa shape index (κ3) is 2.45. The van der Waals surface area contributed by atoms with Gasteiger partial charge in [-0.2, -0.15) is 0 Å². The third-order valence-corrected chi connectivity index (χ3v) is 2.51. The Morgan fingerprint density at radius 2 is 2.20 bits per heavy atom. The number of rotatable bonds is 3. The van der Waals surface area contributed by atoms with Crippen LogP contribution in [-0.2, 0) is 0 Å². The number of carboxylic acid groups (broad SMARTS) is 1. The molecule has 0 saturated heterocycles. The van der Waals surface area contributed by atoms with Crippen LogP contribution < -0.4 is 5.73 Å². The maximum atomic E-state index is 12.3. The molecular weight excluding hydrogens is 269 g/mol. The van der Waals surface area contributed by atoms with Gasteiger partial charge in [-0.3, -0.25) is 0 Å². The molecule has 0 spiro atoms. The summed E-state index contributed by atoms with van der Waals surface area (Å²) < 4.78 is 12.5. The predicted octanol–water partition coefficient (Wildman–Crippen LogP) is 1.82. The van der Waals surface area contributed by atoms with Gasteiger partial charge in [-0.05, 0) is 28.1 Å². The minimum absolute atomic E-state index is 0.0569. The second-order valence-corrected chi connectivity index (χ2v) is 3.82. The Morgan fingerprint density at radius 3 is 2.67 bits per heavy atom. The van der Waals surface area contributed by atoms with Gasteiger partial charge in [0.2, 0.25) is 0 Å². The van der Waals surface area contributed by atoms with Crippen LogP contribution in [0.3, 0.4) is 0 Å². The zero-order valence-corrected chi connectivity index (χ0v) is 9.16. The van der Waals surface area contributed by atoms with E-state index in [1.807, 2.05) is 0 Å². The highest BCUT2D eigenvalue weighted by Gasteiger charge is 2.17. The molecule has 0 aliphatic heterocycles. The Bertz CT molecular complexity index is 397. The van der Waals surface area contributed by atoms with Crippen molar-refractivity contribution in [3.8, 4) is 5.75 Å². The number of carbonyl (C=O) groups is 1. The van der Waals surface area contributed by atoms with E-state index in [-0.39, 0.29) is 21.3 Å². The van der Waals surface area contributed by atoms with E-state index in [4.69, 9.17) is 10.8 Å². The van der Waals surface area contributed by atoms with Gasteiger partial charge < -0.3 is 15.9 Å². The number of hydrogen-bond donors (Lipinski definition) is 3. The molecule has 1 aromatic carbocycles. The van der Waals surface area contributed by atoms with Gasteiger partial charge >= 0.3 is 5.97 Å². The van der Waals surface area contributed by atoms with Crippen LogP contribution in [0.4, 0.5) is 4.39 Å². The fraction of sp³-hybridized carbons (Fsp3) is 0.222. The van der Waals surface area contributed by atoms with Crippen molar-refractivity contribution in [2.75, 3.05) is 6.67 Å². The quantitative estimate of drug-likeness (QED) is 0.787. The first kappa shape index (κ1) is 11.9. The SMILES string of the molecule is N[C@@H](CF)c1cc(C(=O)O)cc(Br)c1O. The van der Waals surface area contributed by atoms with Crippen LogP contribution in [-0.4, -0.2) is 22.9 Å². The minimum Gasteiger partial charge on any atom is -0.506 e. The van der Waals surface area contributed by atoms with Crippen molar-refractivity contribution in [3.63, 3.8) is 0 Å². The highest BCUT2D eigenvalue weighted by atomic mass is 79.9. The van der Waals surface area contributed by atoms with Crippen molar-refractivity contribution in [3.05, 3.63) is 27.7 Å². The summed E-state index contributed by atoms with van der Waals surface area (Å²) >= 11 is 2.97. The molecule has 6 heteroatoms. The Labute approximate surface area is 93.6 Å². The molecule has 0 radical (unpaired) electrons. The van der Waals surface area contributed by atoms with E-state index in [1.165, 1.54) is 6.07 Å². The van der Waals surface area contributed by atoms with E-state index in [1.54, 1.807) is 0 Å². The van der Waals surface area contributed by atoms with Crippen molar-refractivity contribution < 1.29 is 19.4 Å². The third-order valence-electron chi connectivity index (χ3n) is 1.91. The van der Waals surface area contributed by atoms with E-state index in [2.05, 4.69) is 15.9 Å². The molecule has 0 aromatic heterocycles. The van der Waals surface area contributed by atoms with Gasteiger partial charge in [0, 0.05) is 5.56 Å². The molecule has 1 aromatic rings. The van der Waals surface area contributed by atoms with Crippen LogP contribution in [0.25, 0.3) is 0 Å². The molecule has 0 bridgehead atoms. The Hall–Kier alpha value is -1.14. The first-order valence-corrected chi connectivity index (χ1v) is 4.84. The lowest BCUT2D eigenvalue weighted by atomic mass is 10.0. The fourth-order valence-electron chi connectivity index (χ4n) is 1.11. The molecule has 0 saturated carbocycles. The lowest BCUT2D eigenvalue weighted by Crippen LogP contribution is -2.13. The van der Waals surface area contributed by atoms with Crippen LogP contribution >= 0.6 is 15.9 Å². The number of halogens is 2. The van der Waals surface area contributed by atoms with Gasteiger partial charge in [-0.15, -0.1) is 0 Å². The molecule has 0 aliphatic rings. The topological polar surface area (TPSA) is 83.6 Å². The Kier molecular flexibility index (Phi) is 3.65. The maximum Gasteiger partial charge on any atom is 0.335 e. The molecule has 0 unspecified atom stereocenters. The summed E-state index contributed by atoms with van der Waals surface area (Å²) in [5.74, 6) is -1.40. The lowest BCUT2D eigenvalue weighted by molar-refractivity contribution is 0.0696. The van der Waals surface area contributed by atoms with Crippen molar-refractivity contribution in [1.82, 2.24) is 0 Å². The van der Waals surface area contributed by atoms with Crippen LogP contribution in [0.5, 0.6) is 5.75 Å². The summed E-state index contributed by atoms with van der Waals surface area (Å²) in [7, 11) is 0. The summed E-state index contributed by atoms with van der Waals surface area (Å²) in [6.45, 7) is -0.872. The van der Waals surface area contributed by atoms with E-state index in [9.17, 15) is 14.3 Å². The molecule has 1 rings (SSSR count). The van der Waals surface area contributed by atoms with Crippen LogP contribution in [0, 0.1) is 0 Å². The molecule has 4 nitrogen and oxygen atoms in total. The number of benzene rings is 1. The van der Waals surface area contributed by atoms with Gasteiger partial charge in [0.05, 0.1) is 16.1 Å². The highest BCUT2D eigenvalue weighted by Crippen LogP contribution is 2.32. The molecule has 0 aliphatic carbocycles. The number of aromatic carboxylic acids is 1. The van der Waals surface area contributed by atoms with E-state index in [0.717, 1.165) is 6.07 Å². The molecule has 82 valence electrons. The molecule has 0 fully saturated rings. The first-order valence-electron chi connectivity index (χ1n) is 4.04. The number of phenols is 1. The van der Waals surface area contributed by atoms with Crippen molar-refractivity contribution in [1.29, 1.82) is 0 Å². The number of aromatic hydroxyl groups is 1. The maximum absolute atomic E-state index is 12.3. The largest absolute Gasteiger partial charge is 0.506 e. The van der Waals surface area contributed by atoms with Gasteiger partial charge in [0.1, 0.15) is 12.4 Å². The Morgan fingerprint density at radius 1 is 1.60 bits per heavy atom. The van der Waals surface area contributed by atoms with Gasteiger partial charge in [-0.25, -0.2) is 9.18 Å². The summed E-state index contributed by atoms with van der Waals surface area (Å²) in [5, 5.41) is 18.3. The monoisotopic (exact) mass is 277 g/mol. The molecule has 1 atom stereocenters. The summed E-state index contributed by atoms with van der Waals surface area (Å²) in [5.41, 5.74) is 5.40. The molecule has 15 heavy (non-hydrogen) atoms. The number of phenolic OH excluding ortho intramolecular Hbond substituents is 1. The van der Waals surface area contributed by atoms with E-state index < -0.39 is 18.7 Å². The molecule has 4 N–H and O–H groups in total. The van der Waals surface area contributed by atoms with E-state index in [0.29, 0.717) is 0 Å². The average molecular weight is 278 g/mol. The summed E-state index contributed by atoms with van der Waals surface area (Å²) in [4.78, 5) is 10.7. The van der Waals surface area contributed by atoms with Gasteiger partial charge in [0.25, 0.3) is 0 Å². The summed E-state index contributed by atoms with van der Waals surface area (Å²) in [6, 6.07) is 1.36.